The number of urea groups is 1. The number of carbonyl (C=O) groups excluding carboxylic acids is 1. The van der Waals surface area contributed by atoms with E-state index in [-0.39, 0.29) is 6.03 Å². The summed E-state index contributed by atoms with van der Waals surface area (Å²) in [5.74, 6) is 0.719. The average molecular weight is 379 g/mol. The number of amides is 2. The Bertz CT molecular complexity index is 961. The minimum Gasteiger partial charge on any atom is -0.307 e. The maximum Gasteiger partial charge on any atom is 0.327 e. The Morgan fingerprint density at radius 2 is 1.93 bits per heavy atom. The maximum atomic E-state index is 12.9. The zero-order valence-electron chi connectivity index (χ0n) is 14.7. The van der Waals surface area contributed by atoms with Crippen LogP contribution in [0.4, 0.5) is 16.3 Å². The summed E-state index contributed by atoms with van der Waals surface area (Å²) < 4.78 is 0. The highest BCUT2D eigenvalue weighted by atomic mass is 35.5. The van der Waals surface area contributed by atoms with E-state index in [0.717, 1.165) is 41.9 Å². The highest BCUT2D eigenvalue weighted by Gasteiger charge is 2.23. The van der Waals surface area contributed by atoms with Gasteiger partial charge in [-0.1, -0.05) is 29.8 Å². The van der Waals surface area contributed by atoms with Gasteiger partial charge in [0.15, 0.2) is 0 Å². The lowest BCUT2D eigenvalue weighted by Crippen LogP contribution is -2.36. The highest BCUT2D eigenvalue weighted by molar-refractivity contribution is 6.30. The number of fused-ring (bicyclic) bond motifs is 1. The standard InChI is InChI=1S/C21H19ClN4O/c22-17-6-3-5-16(14-17)19-8-7-15-4-1-2-13-26(20(15)25-19)21(27)24-18-9-11-23-12-10-18/h3,5-12,14H,1-2,4,13H2,(H,23,24,27). The first kappa shape index (κ1) is 17.5. The van der Waals surface area contributed by atoms with Gasteiger partial charge in [-0.25, -0.2) is 9.78 Å². The van der Waals surface area contributed by atoms with E-state index in [9.17, 15) is 4.79 Å². The van der Waals surface area contributed by atoms with Crippen LogP contribution in [0, 0.1) is 0 Å². The Balaban J connectivity index is 1.69. The van der Waals surface area contributed by atoms with Crippen LogP contribution >= 0.6 is 11.6 Å². The molecule has 4 rings (SSSR count). The van der Waals surface area contributed by atoms with Gasteiger partial charge in [-0.3, -0.25) is 9.88 Å². The molecule has 3 heterocycles. The zero-order valence-corrected chi connectivity index (χ0v) is 15.5. The van der Waals surface area contributed by atoms with E-state index in [1.54, 1.807) is 29.4 Å². The number of hydrogen-bond acceptors (Lipinski definition) is 3. The molecule has 5 nitrogen and oxygen atoms in total. The molecular weight excluding hydrogens is 360 g/mol. The monoisotopic (exact) mass is 378 g/mol. The molecule has 0 bridgehead atoms. The lowest BCUT2D eigenvalue weighted by atomic mass is 10.1. The molecule has 6 heteroatoms. The van der Waals surface area contributed by atoms with Crippen molar-refractivity contribution in [1.29, 1.82) is 0 Å². The summed E-state index contributed by atoms with van der Waals surface area (Å²) in [4.78, 5) is 23.5. The number of aromatic nitrogens is 2. The molecule has 0 radical (unpaired) electrons. The zero-order chi connectivity index (χ0) is 18.6. The first-order chi connectivity index (χ1) is 13.2. The molecule has 3 aromatic rings. The van der Waals surface area contributed by atoms with Gasteiger partial charge in [0.05, 0.1) is 5.69 Å². The molecule has 1 aliphatic rings. The molecular formula is C21H19ClN4O. The van der Waals surface area contributed by atoms with Gasteiger partial charge >= 0.3 is 6.03 Å². The summed E-state index contributed by atoms with van der Waals surface area (Å²) in [5, 5.41) is 3.60. The fourth-order valence-corrected chi connectivity index (χ4v) is 3.42. The molecule has 0 saturated heterocycles. The lowest BCUT2D eigenvalue weighted by Gasteiger charge is -2.23. The third kappa shape index (κ3) is 3.93. The van der Waals surface area contributed by atoms with Gasteiger partial charge in [-0.2, -0.15) is 0 Å². The number of benzene rings is 1. The summed E-state index contributed by atoms with van der Waals surface area (Å²) in [7, 11) is 0. The van der Waals surface area contributed by atoms with Crippen LogP contribution in [0.2, 0.25) is 5.02 Å². The SMILES string of the molecule is O=C(Nc1ccncc1)N1CCCCc2ccc(-c3cccc(Cl)c3)nc21. The molecule has 1 aliphatic heterocycles. The summed E-state index contributed by atoms with van der Waals surface area (Å²) in [6.45, 7) is 0.635. The van der Waals surface area contributed by atoms with Crippen molar-refractivity contribution < 1.29 is 4.79 Å². The van der Waals surface area contributed by atoms with E-state index in [4.69, 9.17) is 16.6 Å². The Hall–Kier alpha value is -2.92. The van der Waals surface area contributed by atoms with E-state index < -0.39 is 0 Å². The summed E-state index contributed by atoms with van der Waals surface area (Å²) in [6, 6.07) is 15.0. The normalized spacial score (nSPS) is 13.6. The van der Waals surface area contributed by atoms with E-state index in [2.05, 4.69) is 16.4 Å². The van der Waals surface area contributed by atoms with Gasteiger partial charge in [-0.05, 0) is 55.2 Å². The van der Waals surface area contributed by atoms with E-state index in [1.165, 1.54) is 0 Å². The van der Waals surface area contributed by atoms with Crippen molar-refractivity contribution in [2.45, 2.75) is 19.3 Å². The van der Waals surface area contributed by atoms with Crippen LogP contribution in [0.25, 0.3) is 11.3 Å². The molecule has 1 N–H and O–H groups in total. The Morgan fingerprint density at radius 1 is 1.07 bits per heavy atom. The summed E-state index contributed by atoms with van der Waals surface area (Å²) >= 11 is 6.13. The third-order valence-electron chi connectivity index (χ3n) is 4.59. The molecule has 0 fully saturated rings. The molecule has 2 amide bonds. The average Bonchev–Trinajstić information content (AvgIpc) is 2.90. The van der Waals surface area contributed by atoms with Crippen LogP contribution in [-0.2, 0) is 6.42 Å². The Morgan fingerprint density at radius 3 is 2.74 bits per heavy atom. The second-order valence-electron chi connectivity index (χ2n) is 6.46. The van der Waals surface area contributed by atoms with Crippen molar-refractivity contribution in [1.82, 2.24) is 9.97 Å². The number of aryl methyl sites for hydroxylation is 1. The van der Waals surface area contributed by atoms with Crippen LogP contribution in [0.5, 0.6) is 0 Å². The minimum absolute atomic E-state index is 0.180. The molecule has 0 spiro atoms. The fourth-order valence-electron chi connectivity index (χ4n) is 3.23. The number of pyridine rings is 2. The molecule has 0 aliphatic carbocycles. The Labute approximate surface area is 163 Å². The molecule has 27 heavy (non-hydrogen) atoms. The molecule has 0 atom stereocenters. The number of hydrogen-bond donors (Lipinski definition) is 1. The molecule has 2 aromatic heterocycles. The predicted octanol–water partition coefficient (Wildman–Crippen LogP) is 5.17. The quantitative estimate of drug-likeness (QED) is 0.669. The largest absolute Gasteiger partial charge is 0.327 e. The van der Waals surface area contributed by atoms with Gasteiger partial charge in [0.1, 0.15) is 5.82 Å². The van der Waals surface area contributed by atoms with Crippen LogP contribution in [0.3, 0.4) is 0 Å². The van der Waals surface area contributed by atoms with Crippen LogP contribution in [-0.4, -0.2) is 22.5 Å². The van der Waals surface area contributed by atoms with Crippen LogP contribution in [0.1, 0.15) is 18.4 Å². The summed E-state index contributed by atoms with van der Waals surface area (Å²) in [6.07, 6.45) is 6.19. The number of nitrogens with zero attached hydrogens (tertiary/aromatic N) is 3. The minimum atomic E-state index is -0.180. The van der Waals surface area contributed by atoms with Crippen LogP contribution < -0.4 is 10.2 Å². The van der Waals surface area contributed by atoms with E-state index >= 15 is 0 Å². The van der Waals surface area contributed by atoms with Gasteiger partial charge in [0.2, 0.25) is 0 Å². The van der Waals surface area contributed by atoms with Crippen molar-refractivity contribution in [2.24, 2.45) is 0 Å². The van der Waals surface area contributed by atoms with Crippen molar-refractivity contribution in [3.63, 3.8) is 0 Å². The lowest BCUT2D eigenvalue weighted by molar-refractivity contribution is 0.256. The van der Waals surface area contributed by atoms with Crippen molar-refractivity contribution >= 4 is 29.1 Å². The summed E-state index contributed by atoms with van der Waals surface area (Å²) in [5.41, 5.74) is 3.54. The maximum absolute atomic E-state index is 12.9. The topological polar surface area (TPSA) is 58.1 Å². The molecule has 136 valence electrons. The number of carbonyl (C=O) groups is 1. The Kier molecular flexibility index (Phi) is 5.03. The first-order valence-corrected chi connectivity index (χ1v) is 9.33. The first-order valence-electron chi connectivity index (χ1n) is 8.95. The molecule has 0 unspecified atom stereocenters. The van der Waals surface area contributed by atoms with Crippen molar-refractivity contribution in [2.75, 3.05) is 16.8 Å². The molecule has 1 aromatic carbocycles. The van der Waals surface area contributed by atoms with Crippen LogP contribution in [0.15, 0.2) is 60.9 Å². The fraction of sp³-hybridized carbons (Fsp3) is 0.190. The van der Waals surface area contributed by atoms with E-state index in [1.807, 2.05) is 30.3 Å². The number of nitrogens with one attached hydrogen (secondary N) is 1. The van der Waals surface area contributed by atoms with Gasteiger partial charge in [-0.15, -0.1) is 0 Å². The third-order valence-corrected chi connectivity index (χ3v) is 4.82. The number of anilines is 2. The van der Waals surface area contributed by atoms with Gasteiger partial charge in [0.25, 0.3) is 0 Å². The van der Waals surface area contributed by atoms with Crippen molar-refractivity contribution in [3.8, 4) is 11.3 Å². The molecule has 0 saturated carbocycles. The van der Waals surface area contributed by atoms with Gasteiger partial charge in [0, 0.05) is 35.2 Å². The smallest absolute Gasteiger partial charge is 0.307 e. The van der Waals surface area contributed by atoms with Crippen molar-refractivity contribution in [3.05, 3.63) is 71.5 Å². The second kappa shape index (κ2) is 7.76. The second-order valence-corrected chi connectivity index (χ2v) is 6.90. The van der Waals surface area contributed by atoms with E-state index in [0.29, 0.717) is 17.3 Å². The predicted molar refractivity (Wildman–Crippen MR) is 108 cm³/mol. The van der Waals surface area contributed by atoms with Gasteiger partial charge < -0.3 is 5.32 Å². The highest BCUT2D eigenvalue weighted by Crippen LogP contribution is 2.29. The number of rotatable bonds is 2. The number of halogens is 1.